The standard InChI is InChI=1S/C8H16N2/c9-8-3-6-1-2-7(8)5-10-4-6/h6-8,10H,1-5,9H2/t6-,7-,8+/m0/s1. The summed E-state index contributed by atoms with van der Waals surface area (Å²) >= 11 is 0. The molecule has 58 valence electrons. The van der Waals surface area contributed by atoms with Crippen LogP contribution in [0.3, 0.4) is 0 Å². The van der Waals surface area contributed by atoms with Crippen molar-refractivity contribution in [2.24, 2.45) is 17.6 Å². The van der Waals surface area contributed by atoms with Gasteiger partial charge in [0.1, 0.15) is 0 Å². The molecule has 0 radical (unpaired) electrons. The van der Waals surface area contributed by atoms with Crippen molar-refractivity contribution in [2.75, 3.05) is 13.1 Å². The predicted molar refractivity (Wildman–Crippen MR) is 41.7 cm³/mol. The second-order valence-corrected chi connectivity index (χ2v) is 3.76. The molecule has 3 rings (SSSR count). The molecule has 2 heterocycles. The van der Waals surface area contributed by atoms with Crippen LogP contribution in [0.25, 0.3) is 0 Å². The molecule has 1 aliphatic carbocycles. The number of nitrogens with one attached hydrogen (secondary N) is 1. The quantitative estimate of drug-likeness (QED) is 0.509. The first-order valence-electron chi connectivity index (χ1n) is 4.32. The van der Waals surface area contributed by atoms with Crippen LogP contribution in [0.5, 0.6) is 0 Å². The highest BCUT2D eigenvalue weighted by Gasteiger charge is 2.30. The maximum atomic E-state index is 5.98. The Balaban J connectivity index is 2.07. The lowest BCUT2D eigenvalue weighted by atomic mass is 9.81. The number of nitrogens with two attached hydrogens (primary N) is 1. The lowest BCUT2D eigenvalue weighted by molar-refractivity contribution is 0.282. The minimum Gasteiger partial charge on any atom is -0.327 e. The second-order valence-electron chi connectivity index (χ2n) is 3.76. The van der Waals surface area contributed by atoms with Gasteiger partial charge in [0, 0.05) is 6.04 Å². The molecule has 3 N–H and O–H groups in total. The van der Waals surface area contributed by atoms with Gasteiger partial charge in [-0.2, -0.15) is 0 Å². The van der Waals surface area contributed by atoms with E-state index < -0.39 is 0 Å². The molecule has 2 bridgehead atoms. The van der Waals surface area contributed by atoms with Crippen LogP contribution in [0.4, 0.5) is 0 Å². The maximum absolute atomic E-state index is 5.98. The highest BCUT2D eigenvalue weighted by atomic mass is 14.9. The van der Waals surface area contributed by atoms with Gasteiger partial charge in [-0.3, -0.25) is 0 Å². The molecular formula is C8H16N2. The topological polar surface area (TPSA) is 38.0 Å². The number of hydrogen-bond acceptors (Lipinski definition) is 2. The Morgan fingerprint density at radius 2 is 2.10 bits per heavy atom. The lowest BCUT2D eigenvalue weighted by Gasteiger charge is -2.28. The summed E-state index contributed by atoms with van der Waals surface area (Å²) in [5, 5.41) is 3.46. The minimum absolute atomic E-state index is 0.494. The van der Waals surface area contributed by atoms with Crippen LogP contribution in [0.2, 0.25) is 0 Å². The molecule has 0 spiro atoms. The molecule has 0 amide bonds. The molecule has 2 aliphatic heterocycles. The largest absolute Gasteiger partial charge is 0.327 e. The van der Waals surface area contributed by atoms with Crippen LogP contribution in [-0.4, -0.2) is 19.1 Å². The fourth-order valence-electron chi connectivity index (χ4n) is 2.27. The van der Waals surface area contributed by atoms with Gasteiger partial charge in [-0.25, -0.2) is 0 Å². The van der Waals surface area contributed by atoms with Crippen molar-refractivity contribution in [1.82, 2.24) is 5.32 Å². The van der Waals surface area contributed by atoms with Crippen LogP contribution in [-0.2, 0) is 0 Å². The van der Waals surface area contributed by atoms with Gasteiger partial charge in [0.15, 0.2) is 0 Å². The third-order valence-electron chi connectivity index (χ3n) is 3.00. The SMILES string of the molecule is N[C@@H]1C[C@@H]2CC[C@H]1CNC2. The van der Waals surface area contributed by atoms with Crippen molar-refractivity contribution in [1.29, 1.82) is 0 Å². The van der Waals surface area contributed by atoms with Crippen molar-refractivity contribution >= 4 is 0 Å². The molecule has 0 aromatic rings. The second kappa shape index (κ2) is 2.51. The Bertz CT molecular complexity index is 120. The van der Waals surface area contributed by atoms with Crippen LogP contribution < -0.4 is 11.1 Å². The van der Waals surface area contributed by atoms with Gasteiger partial charge >= 0.3 is 0 Å². The summed E-state index contributed by atoms with van der Waals surface area (Å²) in [5.41, 5.74) is 5.98. The monoisotopic (exact) mass is 140 g/mol. The van der Waals surface area contributed by atoms with Crippen LogP contribution in [0.1, 0.15) is 19.3 Å². The van der Waals surface area contributed by atoms with Crippen molar-refractivity contribution in [3.63, 3.8) is 0 Å². The molecule has 2 saturated heterocycles. The molecule has 2 nitrogen and oxygen atoms in total. The van der Waals surface area contributed by atoms with Crippen molar-refractivity contribution in [3.8, 4) is 0 Å². The summed E-state index contributed by atoms with van der Waals surface area (Å²) < 4.78 is 0. The summed E-state index contributed by atoms with van der Waals surface area (Å²) in [5.74, 6) is 1.66. The average Bonchev–Trinajstić information content (AvgIpc) is 2.20. The lowest BCUT2D eigenvalue weighted by Crippen LogP contribution is -2.36. The molecule has 2 heteroatoms. The molecule has 0 aromatic carbocycles. The van der Waals surface area contributed by atoms with E-state index in [1.165, 1.54) is 25.8 Å². The van der Waals surface area contributed by atoms with E-state index in [1.807, 2.05) is 0 Å². The molecule has 1 saturated carbocycles. The van der Waals surface area contributed by atoms with E-state index >= 15 is 0 Å². The Morgan fingerprint density at radius 3 is 2.90 bits per heavy atom. The summed E-state index contributed by atoms with van der Waals surface area (Å²) in [6, 6.07) is 0.494. The summed E-state index contributed by atoms with van der Waals surface area (Å²) in [7, 11) is 0. The van der Waals surface area contributed by atoms with Crippen LogP contribution in [0.15, 0.2) is 0 Å². The van der Waals surface area contributed by atoms with Crippen molar-refractivity contribution < 1.29 is 0 Å². The molecule has 10 heavy (non-hydrogen) atoms. The highest BCUT2D eigenvalue weighted by molar-refractivity contribution is 4.88. The number of fused-ring (bicyclic) bond motifs is 4. The zero-order valence-electron chi connectivity index (χ0n) is 6.34. The van der Waals surface area contributed by atoms with E-state index in [0.29, 0.717) is 6.04 Å². The van der Waals surface area contributed by atoms with Gasteiger partial charge in [0.05, 0.1) is 0 Å². The van der Waals surface area contributed by atoms with E-state index in [0.717, 1.165) is 18.4 Å². The fraction of sp³-hybridized carbons (Fsp3) is 1.00. The molecule has 0 aromatic heterocycles. The zero-order valence-corrected chi connectivity index (χ0v) is 6.34. The van der Waals surface area contributed by atoms with E-state index in [1.54, 1.807) is 0 Å². The molecule has 3 fully saturated rings. The van der Waals surface area contributed by atoms with Crippen molar-refractivity contribution in [2.45, 2.75) is 25.3 Å². The molecule has 3 aliphatic rings. The first-order chi connectivity index (χ1) is 4.86. The Hall–Kier alpha value is -0.0800. The Morgan fingerprint density at radius 1 is 1.20 bits per heavy atom. The normalized spacial score (nSPS) is 47.1. The minimum atomic E-state index is 0.494. The van der Waals surface area contributed by atoms with Gasteiger partial charge in [-0.05, 0) is 44.2 Å². The van der Waals surface area contributed by atoms with E-state index in [4.69, 9.17) is 5.73 Å². The number of hydrogen-bond donors (Lipinski definition) is 2. The maximum Gasteiger partial charge on any atom is 0.00823 e. The summed E-state index contributed by atoms with van der Waals surface area (Å²) in [6.07, 6.45) is 4.03. The molecular weight excluding hydrogens is 124 g/mol. The van der Waals surface area contributed by atoms with E-state index in [9.17, 15) is 0 Å². The van der Waals surface area contributed by atoms with E-state index in [-0.39, 0.29) is 0 Å². The number of rotatable bonds is 0. The van der Waals surface area contributed by atoms with Crippen molar-refractivity contribution in [3.05, 3.63) is 0 Å². The molecule has 3 atom stereocenters. The van der Waals surface area contributed by atoms with E-state index in [2.05, 4.69) is 5.32 Å². The van der Waals surface area contributed by atoms with Gasteiger partial charge in [0.2, 0.25) is 0 Å². The van der Waals surface area contributed by atoms with Gasteiger partial charge < -0.3 is 11.1 Å². The smallest absolute Gasteiger partial charge is 0.00823 e. The summed E-state index contributed by atoms with van der Waals surface area (Å²) in [6.45, 7) is 2.38. The zero-order chi connectivity index (χ0) is 6.97. The first-order valence-corrected chi connectivity index (χ1v) is 4.32. The summed E-state index contributed by atoms with van der Waals surface area (Å²) in [4.78, 5) is 0. The fourth-order valence-corrected chi connectivity index (χ4v) is 2.27. The highest BCUT2D eigenvalue weighted by Crippen LogP contribution is 2.29. The average molecular weight is 140 g/mol. The van der Waals surface area contributed by atoms with Gasteiger partial charge in [-0.15, -0.1) is 0 Å². The van der Waals surface area contributed by atoms with Gasteiger partial charge in [-0.1, -0.05) is 0 Å². The van der Waals surface area contributed by atoms with Crippen LogP contribution in [0, 0.1) is 11.8 Å². The predicted octanol–water partition coefficient (Wildman–Crippen LogP) is 0.333. The Kier molecular flexibility index (Phi) is 1.66. The third-order valence-corrected chi connectivity index (χ3v) is 3.00. The third kappa shape index (κ3) is 1.06. The van der Waals surface area contributed by atoms with Gasteiger partial charge in [0.25, 0.3) is 0 Å². The first kappa shape index (κ1) is 6.62. The van der Waals surface area contributed by atoms with Crippen LogP contribution >= 0.6 is 0 Å². The molecule has 0 unspecified atom stereocenters. The Labute approximate surface area is 62.2 Å².